The van der Waals surface area contributed by atoms with Gasteiger partial charge in [-0.15, -0.1) is 0 Å². The summed E-state index contributed by atoms with van der Waals surface area (Å²) in [4.78, 5) is 35.8. The highest BCUT2D eigenvalue weighted by atomic mass is 16.7. The number of ether oxygens (including phenoxy) is 4. The molecule has 0 radical (unpaired) electrons. The zero-order chi connectivity index (χ0) is 19.7. The number of rotatable bonds is 9. The Balaban J connectivity index is 3.03. The minimum Gasteiger partial charge on any atom is -0.455 e. The van der Waals surface area contributed by atoms with Crippen molar-refractivity contribution in [2.45, 2.75) is 96.9 Å². The molecule has 8 nitrogen and oxygen atoms in total. The van der Waals surface area contributed by atoms with E-state index in [9.17, 15) is 19.5 Å². The SMILES string of the molecule is CCCC(=O)O[C@@H]1[C@H](OC(=O)CCC)[C@H](C)OC(O)[C@H]1OC(=O)CCC. The van der Waals surface area contributed by atoms with Crippen LogP contribution < -0.4 is 0 Å². The second-order valence-corrected chi connectivity index (χ2v) is 6.35. The van der Waals surface area contributed by atoms with Gasteiger partial charge in [-0.25, -0.2) is 0 Å². The van der Waals surface area contributed by atoms with Crippen LogP contribution in [0.15, 0.2) is 0 Å². The highest BCUT2D eigenvalue weighted by molar-refractivity contribution is 5.71. The Kier molecular flexibility index (Phi) is 9.58. The van der Waals surface area contributed by atoms with Gasteiger partial charge < -0.3 is 24.1 Å². The van der Waals surface area contributed by atoms with Crippen molar-refractivity contribution in [3.05, 3.63) is 0 Å². The van der Waals surface area contributed by atoms with Crippen molar-refractivity contribution in [2.24, 2.45) is 0 Å². The average molecular weight is 374 g/mol. The molecule has 0 amide bonds. The van der Waals surface area contributed by atoms with Gasteiger partial charge in [-0.3, -0.25) is 14.4 Å². The number of esters is 3. The number of aliphatic hydroxyl groups is 1. The molecule has 8 heteroatoms. The second-order valence-electron chi connectivity index (χ2n) is 6.35. The molecular weight excluding hydrogens is 344 g/mol. The molecule has 26 heavy (non-hydrogen) atoms. The molecule has 0 saturated carbocycles. The van der Waals surface area contributed by atoms with Gasteiger partial charge in [0, 0.05) is 19.3 Å². The fourth-order valence-corrected chi connectivity index (χ4v) is 2.66. The van der Waals surface area contributed by atoms with Gasteiger partial charge in [-0.2, -0.15) is 0 Å². The maximum atomic E-state index is 12.0. The third kappa shape index (κ3) is 6.57. The van der Waals surface area contributed by atoms with Gasteiger partial charge in [0.2, 0.25) is 0 Å². The van der Waals surface area contributed by atoms with Gasteiger partial charge in [0.1, 0.15) is 0 Å². The van der Waals surface area contributed by atoms with Crippen molar-refractivity contribution >= 4 is 17.9 Å². The lowest BCUT2D eigenvalue weighted by Gasteiger charge is -2.42. The Hall–Kier alpha value is -1.67. The van der Waals surface area contributed by atoms with E-state index in [-0.39, 0.29) is 19.3 Å². The average Bonchev–Trinajstić information content (AvgIpc) is 2.55. The Labute approximate surface area is 154 Å². The van der Waals surface area contributed by atoms with Gasteiger partial charge in [-0.05, 0) is 26.2 Å². The van der Waals surface area contributed by atoms with Crippen molar-refractivity contribution < 1.29 is 38.4 Å². The predicted molar refractivity (Wildman–Crippen MR) is 90.9 cm³/mol. The topological polar surface area (TPSA) is 108 Å². The molecule has 0 aromatic rings. The molecule has 0 aliphatic carbocycles. The standard InChI is InChI=1S/C18H30O8/c1-5-8-12(19)24-15-11(4)23-18(22)17(26-14(21)10-7-3)16(15)25-13(20)9-6-2/h11,15-18,22H,5-10H2,1-4H3/t11-,15+,16+,17-,18?/m0/s1. The zero-order valence-electron chi connectivity index (χ0n) is 15.9. The van der Waals surface area contributed by atoms with E-state index in [1.165, 1.54) is 0 Å². The predicted octanol–water partition coefficient (Wildman–Crippen LogP) is 1.86. The molecule has 1 saturated heterocycles. The summed E-state index contributed by atoms with van der Waals surface area (Å²) >= 11 is 0. The summed E-state index contributed by atoms with van der Waals surface area (Å²) < 4.78 is 21.5. The summed E-state index contributed by atoms with van der Waals surface area (Å²) in [5.74, 6) is -1.55. The van der Waals surface area contributed by atoms with Crippen molar-refractivity contribution in [1.29, 1.82) is 0 Å². The quantitative estimate of drug-likeness (QED) is 0.481. The minimum absolute atomic E-state index is 0.148. The van der Waals surface area contributed by atoms with Crippen molar-refractivity contribution in [3.63, 3.8) is 0 Å². The molecule has 1 aliphatic rings. The number of carbonyl (C=O) groups is 3. The van der Waals surface area contributed by atoms with Crippen LogP contribution in [0.2, 0.25) is 0 Å². The van der Waals surface area contributed by atoms with E-state index in [0.29, 0.717) is 19.3 Å². The molecule has 1 aliphatic heterocycles. The van der Waals surface area contributed by atoms with Crippen molar-refractivity contribution in [3.8, 4) is 0 Å². The lowest BCUT2D eigenvalue weighted by atomic mass is 9.98. The number of hydrogen-bond acceptors (Lipinski definition) is 8. The van der Waals surface area contributed by atoms with Gasteiger partial charge >= 0.3 is 17.9 Å². The molecule has 0 spiro atoms. The smallest absolute Gasteiger partial charge is 0.306 e. The summed E-state index contributed by atoms with van der Waals surface area (Å²) in [5, 5.41) is 10.2. The zero-order valence-corrected chi connectivity index (χ0v) is 15.9. The van der Waals surface area contributed by atoms with Crippen LogP contribution in [0, 0.1) is 0 Å². The van der Waals surface area contributed by atoms with E-state index in [1.54, 1.807) is 6.92 Å². The Morgan fingerprint density at radius 2 is 1.15 bits per heavy atom. The van der Waals surface area contributed by atoms with Gasteiger partial charge in [0.05, 0.1) is 6.10 Å². The van der Waals surface area contributed by atoms with Crippen LogP contribution in [0.5, 0.6) is 0 Å². The van der Waals surface area contributed by atoms with E-state index in [4.69, 9.17) is 18.9 Å². The van der Waals surface area contributed by atoms with E-state index < -0.39 is 48.6 Å². The Bertz CT molecular complexity index is 446. The van der Waals surface area contributed by atoms with E-state index in [2.05, 4.69) is 0 Å². The molecule has 5 atom stereocenters. The first-order chi connectivity index (χ1) is 12.3. The van der Waals surface area contributed by atoms with E-state index >= 15 is 0 Å². The van der Waals surface area contributed by atoms with Crippen molar-refractivity contribution in [1.82, 2.24) is 0 Å². The van der Waals surface area contributed by atoms with Crippen LogP contribution in [-0.2, 0) is 33.3 Å². The first kappa shape index (κ1) is 22.4. The normalized spacial score (nSPS) is 28.3. The molecular formula is C18H30O8. The van der Waals surface area contributed by atoms with Crippen LogP contribution in [0.3, 0.4) is 0 Å². The lowest BCUT2D eigenvalue weighted by molar-refractivity contribution is -0.289. The largest absolute Gasteiger partial charge is 0.455 e. The van der Waals surface area contributed by atoms with E-state index in [1.807, 2.05) is 20.8 Å². The summed E-state index contributed by atoms with van der Waals surface area (Å²) in [6, 6.07) is 0. The first-order valence-electron chi connectivity index (χ1n) is 9.25. The van der Waals surface area contributed by atoms with Crippen LogP contribution in [0.25, 0.3) is 0 Å². The maximum absolute atomic E-state index is 12.0. The van der Waals surface area contributed by atoms with Crippen LogP contribution in [0.1, 0.15) is 66.2 Å². The van der Waals surface area contributed by atoms with E-state index in [0.717, 1.165) is 0 Å². The fraction of sp³-hybridized carbons (Fsp3) is 0.833. The highest BCUT2D eigenvalue weighted by Gasteiger charge is 2.50. The number of carbonyl (C=O) groups excluding carboxylic acids is 3. The molecule has 0 bridgehead atoms. The summed E-state index contributed by atoms with van der Waals surface area (Å²) in [7, 11) is 0. The number of aliphatic hydroxyl groups excluding tert-OH is 1. The molecule has 150 valence electrons. The molecule has 1 N–H and O–H groups in total. The molecule has 1 fully saturated rings. The first-order valence-corrected chi connectivity index (χ1v) is 9.25. The summed E-state index contributed by atoms with van der Waals surface area (Å²) in [5.41, 5.74) is 0. The third-order valence-corrected chi connectivity index (χ3v) is 3.91. The van der Waals surface area contributed by atoms with Crippen LogP contribution in [0.4, 0.5) is 0 Å². The van der Waals surface area contributed by atoms with Gasteiger partial charge in [-0.1, -0.05) is 20.8 Å². The minimum atomic E-state index is -1.48. The Morgan fingerprint density at radius 3 is 1.58 bits per heavy atom. The molecule has 0 aromatic carbocycles. The van der Waals surface area contributed by atoms with Gasteiger partial charge in [0.25, 0.3) is 0 Å². The highest BCUT2D eigenvalue weighted by Crippen LogP contribution is 2.28. The van der Waals surface area contributed by atoms with Crippen LogP contribution >= 0.6 is 0 Å². The van der Waals surface area contributed by atoms with Crippen molar-refractivity contribution in [2.75, 3.05) is 0 Å². The van der Waals surface area contributed by atoms with Gasteiger partial charge in [0.15, 0.2) is 24.6 Å². The Morgan fingerprint density at radius 1 is 0.769 bits per heavy atom. The number of hydrogen-bond donors (Lipinski definition) is 1. The summed E-state index contributed by atoms with van der Waals surface area (Å²) in [6.07, 6.45) is -3.34. The third-order valence-electron chi connectivity index (χ3n) is 3.91. The second kappa shape index (κ2) is 11.1. The lowest BCUT2D eigenvalue weighted by Crippen LogP contribution is -2.60. The fourth-order valence-electron chi connectivity index (χ4n) is 2.66. The monoisotopic (exact) mass is 374 g/mol. The molecule has 1 unspecified atom stereocenters. The summed E-state index contributed by atoms with van der Waals surface area (Å²) in [6.45, 7) is 7.06. The van der Waals surface area contributed by atoms with Crippen LogP contribution in [-0.4, -0.2) is 53.7 Å². The molecule has 1 heterocycles. The maximum Gasteiger partial charge on any atom is 0.306 e. The molecule has 0 aromatic heterocycles. The molecule has 1 rings (SSSR count).